The fraction of sp³-hybridized carbons (Fsp3) is 0.545. The fourth-order valence-corrected chi connectivity index (χ4v) is 1.49. The molecule has 0 amide bonds. The monoisotopic (exact) mass is 196 g/mol. The van der Waals surface area contributed by atoms with Crippen LogP contribution in [0.15, 0.2) is 18.3 Å². The zero-order valence-corrected chi connectivity index (χ0v) is 8.76. The number of pyridine rings is 1. The molecule has 78 valence electrons. The van der Waals surface area contributed by atoms with E-state index in [2.05, 4.69) is 4.98 Å². The number of rotatable bonds is 4. The van der Waals surface area contributed by atoms with Gasteiger partial charge in [-0.25, -0.2) is 4.39 Å². The fourth-order valence-electron chi connectivity index (χ4n) is 1.49. The number of alkyl halides is 1. The van der Waals surface area contributed by atoms with Gasteiger partial charge < -0.3 is 5.73 Å². The van der Waals surface area contributed by atoms with Crippen LogP contribution in [0.2, 0.25) is 0 Å². The van der Waals surface area contributed by atoms with E-state index >= 15 is 0 Å². The summed E-state index contributed by atoms with van der Waals surface area (Å²) >= 11 is 0. The standard InChI is InChI=1S/C11H17FN2/c1-3-6-11(12,8-13)10-5-4-9(2)14-7-10/h4-5,7H,3,6,8,13H2,1-2H3. The van der Waals surface area contributed by atoms with E-state index < -0.39 is 5.67 Å². The number of aryl methyl sites for hydroxylation is 1. The van der Waals surface area contributed by atoms with E-state index in [9.17, 15) is 4.39 Å². The minimum Gasteiger partial charge on any atom is -0.327 e. The molecular weight excluding hydrogens is 179 g/mol. The maximum Gasteiger partial charge on any atom is 0.149 e. The maximum absolute atomic E-state index is 14.2. The molecule has 0 aliphatic heterocycles. The van der Waals surface area contributed by atoms with Crippen molar-refractivity contribution in [3.05, 3.63) is 29.6 Å². The lowest BCUT2D eigenvalue weighted by Gasteiger charge is -2.23. The van der Waals surface area contributed by atoms with Gasteiger partial charge in [-0.2, -0.15) is 0 Å². The summed E-state index contributed by atoms with van der Waals surface area (Å²) < 4.78 is 14.2. The minimum atomic E-state index is -1.41. The van der Waals surface area contributed by atoms with Crippen molar-refractivity contribution < 1.29 is 4.39 Å². The molecule has 0 aromatic carbocycles. The average molecular weight is 196 g/mol. The first kappa shape index (κ1) is 11.1. The Morgan fingerprint density at radius 3 is 2.64 bits per heavy atom. The van der Waals surface area contributed by atoms with Crippen LogP contribution >= 0.6 is 0 Å². The molecule has 0 saturated carbocycles. The van der Waals surface area contributed by atoms with Crippen LogP contribution < -0.4 is 5.73 Å². The van der Waals surface area contributed by atoms with E-state index in [1.165, 1.54) is 0 Å². The summed E-state index contributed by atoms with van der Waals surface area (Å²) in [6.45, 7) is 3.85. The van der Waals surface area contributed by atoms with Crippen LogP contribution in [0.1, 0.15) is 31.0 Å². The zero-order chi connectivity index (χ0) is 10.6. The summed E-state index contributed by atoms with van der Waals surface area (Å²) in [5.41, 5.74) is 5.54. The van der Waals surface area contributed by atoms with Crippen molar-refractivity contribution >= 4 is 0 Å². The lowest BCUT2D eigenvalue weighted by molar-refractivity contribution is 0.159. The zero-order valence-electron chi connectivity index (χ0n) is 8.76. The molecular formula is C11H17FN2. The lowest BCUT2D eigenvalue weighted by Crippen LogP contribution is -2.30. The molecule has 0 bridgehead atoms. The van der Waals surface area contributed by atoms with Crippen LogP contribution in [-0.4, -0.2) is 11.5 Å². The highest BCUT2D eigenvalue weighted by atomic mass is 19.1. The Kier molecular flexibility index (Phi) is 3.58. The van der Waals surface area contributed by atoms with Gasteiger partial charge in [-0.1, -0.05) is 19.4 Å². The quantitative estimate of drug-likeness (QED) is 0.802. The van der Waals surface area contributed by atoms with Gasteiger partial charge in [-0.15, -0.1) is 0 Å². The molecule has 0 spiro atoms. The molecule has 0 radical (unpaired) electrons. The molecule has 0 aliphatic carbocycles. The predicted molar refractivity (Wildman–Crippen MR) is 55.7 cm³/mol. The van der Waals surface area contributed by atoms with Crippen LogP contribution in [0.3, 0.4) is 0 Å². The Morgan fingerprint density at radius 2 is 2.21 bits per heavy atom. The number of nitrogens with two attached hydrogens (primary N) is 1. The Bertz CT molecular complexity index is 284. The van der Waals surface area contributed by atoms with Gasteiger partial charge in [0.25, 0.3) is 0 Å². The second-order valence-corrected chi connectivity index (χ2v) is 3.61. The van der Waals surface area contributed by atoms with Gasteiger partial charge in [0.1, 0.15) is 5.67 Å². The van der Waals surface area contributed by atoms with E-state index in [1.807, 2.05) is 19.9 Å². The van der Waals surface area contributed by atoms with Gasteiger partial charge in [0.2, 0.25) is 0 Å². The second kappa shape index (κ2) is 4.51. The molecule has 0 aliphatic rings. The molecule has 1 aromatic rings. The number of hydrogen-bond acceptors (Lipinski definition) is 2. The van der Waals surface area contributed by atoms with Gasteiger partial charge in [-0.3, -0.25) is 4.98 Å². The average Bonchev–Trinajstić information content (AvgIpc) is 2.19. The van der Waals surface area contributed by atoms with Crippen molar-refractivity contribution in [3.8, 4) is 0 Å². The second-order valence-electron chi connectivity index (χ2n) is 3.61. The molecule has 3 heteroatoms. The van der Waals surface area contributed by atoms with E-state index in [1.54, 1.807) is 12.3 Å². The largest absolute Gasteiger partial charge is 0.327 e. The first-order valence-corrected chi connectivity index (χ1v) is 4.94. The van der Waals surface area contributed by atoms with E-state index in [0.29, 0.717) is 12.0 Å². The third-order valence-corrected chi connectivity index (χ3v) is 2.40. The van der Waals surface area contributed by atoms with Crippen molar-refractivity contribution in [3.63, 3.8) is 0 Å². The SMILES string of the molecule is CCCC(F)(CN)c1ccc(C)nc1. The molecule has 0 saturated heterocycles. The van der Waals surface area contributed by atoms with Crippen molar-refractivity contribution in [2.75, 3.05) is 6.54 Å². The van der Waals surface area contributed by atoms with Crippen LogP contribution in [0.5, 0.6) is 0 Å². The van der Waals surface area contributed by atoms with E-state index in [4.69, 9.17) is 5.73 Å². The summed E-state index contributed by atoms with van der Waals surface area (Å²) in [6.07, 6.45) is 2.81. The van der Waals surface area contributed by atoms with Gasteiger partial charge in [0.05, 0.1) is 0 Å². The minimum absolute atomic E-state index is 0.0194. The third-order valence-electron chi connectivity index (χ3n) is 2.40. The molecule has 0 fully saturated rings. The summed E-state index contributed by atoms with van der Waals surface area (Å²) in [5.74, 6) is 0. The highest BCUT2D eigenvalue weighted by Gasteiger charge is 2.29. The summed E-state index contributed by atoms with van der Waals surface area (Å²) in [4.78, 5) is 4.08. The van der Waals surface area contributed by atoms with Crippen LogP contribution in [0.25, 0.3) is 0 Å². The smallest absolute Gasteiger partial charge is 0.149 e. The first-order chi connectivity index (χ1) is 6.62. The van der Waals surface area contributed by atoms with Gasteiger partial charge >= 0.3 is 0 Å². The lowest BCUT2D eigenvalue weighted by atomic mass is 9.92. The summed E-state index contributed by atoms with van der Waals surface area (Å²) in [7, 11) is 0. The normalized spacial score (nSPS) is 15.1. The maximum atomic E-state index is 14.2. The molecule has 1 rings (SSSR count). The first-order valence-electron chi connectivity index (χ1n) is 4.94. The Morgan fingerprint density at radius 1 is 1.50 bits per heavy atom. The van der Waals surface area contributed by atoms with Gasteiger partial charge in [-0.05, 0) is 19.4 Å². The Labute approximate surface area is 84.3 Å². The molecule has 1 heterocycles. The van der Waals surface area contributed by atoms with Crippen LogP contribution in [0.4, 0.5) is 4.39 Å². The van der Waals surface area contributed by atoms with Gasteiger partial charge in [0, 0.05) is 24.0 Å². The number of hydrogen-bond donors (Lipinski definition) is 1. The summed E-state index contributed by atoms with van der Waals surface area (Å²) in [5, 5.41) is 0. The summed E-state index contributed by atoms with van der Waals surface area (Å²) in [6, 6.07) is 3.58. The molecule has 2 N–H and O–H groups in total. The molecule has 1 aromatic heterocycles. The van der Waals surface area contributed by atoms with E-state index in [-0.39, 0.29) is 6.54 Å². The van der Waals surface area contributed by atoms with Crippen molar-refractivity contribution in [2.24, 2.45) is 5.73 Å². The van der Waals surface area contributed by atoms with Crippen molar-refractivity contribution in [1.82, 2.24) is 4.98 Å². The molecule has 1 unspecified atom stereocenters. The molecule has 14 heavy (non-hydrogen) atoms. The van der Waals surface area contributed by atoms with Crippen LogP contribution in [-0.2, 0) is 5.67 Å². The number of aromatic nitrogens is 1. The van der Waals surface area contributed by atoms with Crippen molar-refractivity contribution in [1.29, 1.82) is 0 Å². The Balaban J connectivity index is 2.94. The number of halogens is 1. The molecule has 1 atom stereocenters. The molecule has 2 nitrogen and oxygen atoms in total. The third kappa shape index (κ3) is 2.29. The number of nitrogens with zero attached hydrogens (tertiary/aromatic N) is 1. The highest BCUT2D eigenvalue weighted by molar-refractivity contribution is 5.21. The highest BCUT2D eigenvalue weighted by Crippen LogP contribution is 2.29. The van der Waals surface area contributed by atoms with E-state index in [0.717, 1.165) is 12.1 Å². The predicted octanol–water partition coefficient (Wildman–Crippen LogP) is 2.31. The van der Waals surface area contributed by atoms with Crippen molar-refractivity contribution in [2.45, 2.75) is 32.4 Å². The van der Waals surface area contributed by atoms with Gasteiger partial charge in [0.15, 0.2) is 0 Å². The topological polar surface area (TPSA) is 38.9 Å². The Hall–Kier alpha value is -0.960. The van der Waals surface area contributed by atoms with Crippen LogP contribution in [0, 0.1) is 6.92 Å².